The molecule has 1 aromatic carbocycles. The highest BCUT2D eigenvalue weighted by molar-refractivity contribution is 5.86. The molecule has 1 aromatic heterocycles. The predicted octanol–water partition coefficient (Wildman–Crippen LogP) is 3.51. The van der Waals surface area contributed by atoms with Crippen molar-refractivity contribution in [1.82, 2.24) is 10.3 Å². The zero-order chi connectivity index (χ0) is 13.4. The summed E-state index contributed by atoms with van der Waals surface area (Å²) in [7, 11) is 0. The Hall–Kier alpha value is -1.28. The summed E-state index contributed by atoms with van der Waals surface area (Å²) in [4.78, 5) is 3.58. The number of likely N-dealkylation sites (N-methyl/N-ethyl adjacent to an activating group) is 1. The molecule has 2 heteroatoms. The van der Waals surface area contributed by atoms with E-state index in [1.807, 2.05) is 0 Å². The summed E-state index contributed by atoms with van der Waals surface area (Å²) in [5.74, 6) is 0. The summed E-state index contributed by atoms with van der Waals surface area (Å²) in [6.07, 6.45) is 4.95. The highest BCUT2D eigenvalue weighted by Gasteiger charge is 2.16. The summed E-state index contributed by atoms with van der Waals surface area (Å²) in [5, 5.41) is 4.96. The average molecular weight is 256 g/mol. The Morgan fingerprint density at radius 1 is 1.26 bits per heavy atom. The van der Waals surface area contributed by atoms with E-state index in [0.717, 1.165) is 13.0 Å². The van der Waals surface area contributed by atoms with Gasteiger partial charge in [0.1, 0.15) is 0 Å². The van der Waals surface area contributed by atoms with Crippen LogP contribution < -0.4 is 5.32 Å². The van der Waals surface area contributed by atoms with E-state index in [-0.39, 0.29) is 0 Å². The van der Waals surface area contributed by atoms with E-state index in [0.29, 0.717) is 6.04 Å². The van der Waals surface area contributed by atoms with Gasteiger partial charge in [-0.1, -0.05) is 6.92 Å². The van der Waals surface area contributed by atoms with Gasteiger partial charge in [-0.05, 0) is 74.9 Å². The molecule has 2 nitrogen and oxygen atoms in total. The van der Waals surface area contributed by atoms with Gasteiger partial charge in [-0.3, -0.25) is 0 Å². The monoisotopic (exact) mass is 256 g/mol. The smallest absolute Gasteiger partial charge is 0.0461 e. The third-order valence-corrected chi connectivity index (χ3v) is 4.39. The number of hydrogen-bond acceptors (Lipinski definition) is 1. The molecule has 0 radical (unpaired) electrons. The first-order chi connectivity index (χ1) is 9.19. The minimum atomic E-state index is 0.538. The van der Waals surface area contributed by atoms with Gasteiger partial charge in [0.15, 0.2) is 0 Å². The number of aromatic amines is 1. The van der Waals surface area contributed by atoms with Crippen LogP contribution in [0.15, 0.2) is 12.1 Å². The molecule has 1 heterocycles. The largest absolute Gasteiger partial charge is 0.358 e. The summed E-state index contributed by atoms with van der Waals surface area (Å²) in [6.45, 7) is 7.69. The first-order valence-electron chi connectivity index (χ1n) is 7.55. The maximum atomic E-state index is 3.58. The number of fused-ring (bicyclic) bond motifs is 2. The molecule has 19 heavy (non-hydrogen) atoms. The molecule has 0 saturated heterocycles. The second kappa shape index (κ2) is 5.01. The zero-order valence-corrected chi connectivity index (χ0v) is 12.3. The molecule has 0 aliphatic heterocycles. The van der Waals surface area contributed by atoms with E-state index in [2.05, 4.69) is 43.2 Å². The SMILES string of the molecule is CCNC(C)Cc1c(C)[nH]c2cc3c(cc12)CCC3. The number of hydrogen-bond donors (Lipinski definition) is 2. The van der Waals surface area contributed by atoms with E-state index in [1.54, 1.807) is 11.1 Å². The van der Waals surface area contributed by atoms with Crippen molar-refractivity contribution in [2.24, 2.45) is 0 Å². The summed E-state index contributed by atoms with van der Waals surface area (Å²) in [5.41, 5.74) is 7.29. The lowest BCUT2D eigenvalue weighted by atomic mass is 10.0. The maximum Gasteiger partial charge on any atom is 0.0461 e. The molecule has 1 unspecified atom stereocenters. The first kappa shape index (κ1) is 12.7. The average Bonchev–Trinajstić information content (AvgIpc) is 2.92. The van der Waals surface area contributed by atoms with Crippen molar-refractivity contribution in [3.8, 4) is 0 Å². The fourth-order valence-electron chi connectivity index (χ4n) is 3.45. The molecule has 2 N–H and O–H groups in total. The Bertz CT molecular complexity index is 595. The molecule has 102 valence electrons. The van der Waals surface area contributed by atoms with Gasteiger partial charge in [0, 0.05) is 22.6 Å². The van der Waals surface area contributed by atoms with E-state index in [1.165, 1.54) is 41.4 Å². The summed E-state index contributed by atoms with van der Waals surface area (Å²) < 4.78 is 0. The topological polar surface area (TPSA) is 27.8 Å². The highest BCUT2D eigenvalue weighted by Crippen LogP contribution is 2.31. The number of nitrogens with one attached hydrogen (secondary N) is 2. The number of aryl methyl sites for hydroxylation is 3. The number of H-pyrrole nitrogens is 1. The van der Waals surface area contributed by atoms with Gasteiger partial charge in [0.05, 0.1) is 0 Å². The van der Waals surface area contributed by atoms with E-state index < -0.39 is 0 Å². The minimum Gasteiger partial charge on any atom is -0.358 e. The van der Waals surface area contributed by atoms with Crippen molar-refractivity contribution in [2.75, 3.05) is 6.54 Å². The van der Waals surface area contributed by atoms with Gasteiger partial charge in [0.2, 0.25) is 0 Å². The fraction of sp³-hybridized carbons (Fsp3) is 0.529. The summed E-state index contributed by atoms with van der Waals surface area (Å²) in [6, 6.07) is 5.36. The number of rotatable bonds is 4. The number of aromatic nitrogens is 1. The quantitative estimate of drug-likeness (QED) is 0.861. The van der Waals surface area contributed by atoms with Gasteiger partial charge < -0.3 is 10.3 Å². The normalized spacial score (nSPS) is 15.9. The molecule has 0 bridgehead atoms. The van der Waals surface area contributed by atoms with Crippen LogP contribution in [0.2, 0.25) is 0 Å². The lowest BCUT2D eigenvalue weighted by molar-refractivity contribution is 0.565. The Kier molecular flexibility index (Phi) is 3.36. The molecule has 2 aromatic rings. The van der Waals surface area contributed by atoms with Crippen LogP contribution in [0.4, 0.5) is 0 Å². The van der Waals surface area contributed by atoms with Crippen LogP contribution >= 0.6 is 0 Å². The van der Waals surface area contributed by atoms with Crippen LogP contribution in [-0.4, -0.2) is 17.6 Å². The van der Waals surface area contributed by atoms with Crippen LogP contribution in [0.25, 0.3) is 10.9 Å². The molecule has 1 aliphatic rings. The van der Waals surface area contributed by atoms with Crippen LogP contribution in [0, 0.1) is 6.92 Å². The summed E-state index contributed by atoms with van der Waals surface area (Å²) >= 11 is 0. The van der Waals surface area contributed by atoms with Crippen LogP contribution in [0.1, 0.15) is 42.7 Å². The maximum absolute atomic E-state index is 3.58. The van der Waals surface area contributed by atoms with Crippen molar-refractivity contribution in [2.45, 2.75) is 52.5 Å². The van der Waals surface area contributed by atoms with Crippen molar-refractivity contribution < 1.29 is 0 Å². The molecular formula is C17H24N2. The third kappa shape index (κ3) is 2.30. The number of benzene rings is 1. The van der Waals surface area contributed by atoms with Crippen LogP contribution in [0.5, 0.6) is 0 Å². The van der Waals surface area contributed by atoms with Gasteiger partial charge >= 0.3 is 0 Å². The van der Waals surface area contributed by atoms with Crippen LogP contribution in [-0.2, 0) is 19.3 Å². The second-order valence-electron chi connectivity index (χ2n) is 5.91. The predicted molar refractivity (Wildman–Crippen MR) is 81.9 cm³/mol. The molecule has 0 spiro atoms. The Balaban J connectivity index is 2.01. The molecular weight excluding hydrogens is 232 g/mol. The Labute approximate surface area is 115 Å². The van der Waals surface area contributed by atoms with Crippen molar-refractivity contribution in [1.29, 1.82) is 0 Å². The van der Waals surface area contributed by atoms with Crippen molar-refractivity contribution in [3.05, 3.63) is 34.5 Å². The van der Waals surface area contributed by atoms with Gasteiger partial charge in [-0.25, -0.2) is 0 Å². The highest BCUT2D eigenvalue weighted by atomic mass is 14.9. The van der Waals surface area contributed by atoms with Crippen LogP contribution in [0.3, 0.4) is 0 Å². The molecule has 0 fully saturated rings. The van der Waals surface area contributed by atoms with E-state index in [9.17, 15) is 0 Å². The lowest BCUT2D eigenvalue weighted by Gasteiger charge is -2.12. The van der Waals surface area contributed by atoms with Gasteiger partial charge in [-0.2, -0.15) is 0 Å². The molecule has 0 saturated carbocycles. The molecule has 3 rings (SSSR count). The minimum absolute atomic E-state index is 0.538. The van der Waals surface area contributed by atoms with Crippen molar-refractivity contribution in [3.63, 3.8) is 0 Å². The van der Waals surface area contributed by atoms with Gasteiger partial charge in [-0.15, -0.1) is 0 Å². The van der Waals surface area contributed by atoms with E-state index >= 15 is 0 Å². The van der Waals surface area contributed by atoms with E-state index in [4.69, 9.17) is 0 Å². The lowest BCUT2D eigenvalue weighted by Crippen LogP contribution is -2.27. The second-order valence-corrected chi connectivity index (χ2v) is 5.91. The molecule has 1 atom stereocenters. The Morgan fingerprint density at radius 3 is 2.74 bits per heavy atom. The van der Waals surface area contributed by atoms with Gasteiger partial charge in [0.25, 0.3) is 0 Å². The third-order valence-electron chi connectivity index (χ3n) is 4.39. The van der Waals surface area contributed by atoms with Crippen molar-refractivity contribution >= 4 is 10.9 Å². The first-order valence-corrected chi connectivity index (χ1v) is 7.55. The zero-order valence-electron chi connectivity index (χ0n) is 12.3. The Morgan fingerprint density at radius 2 is 2.00 bits per heavy atom. The fourth-order valence-corrected chi connectivity index (χ4v) is 3.45. The standard InChI is InChI=1S/C17H24N2/c1-4-18-11(2)8-15-12(3)19-17-10-14-7-5-6-13(14)9-16(15)17/h9-11,18-19H,4-8H2,1-3H3. The molecule has 0 amide bonds. The molecule has 1 aliphatic carbocycles.